The van der Waals surface area contributed by atoms with Crippen molar-refractivity contribution in [1.82, 2.24) is 10.6 Å². The second-order valence-electron chi connectivity index (χ2n) is 6.03. The Labute approximate surface area is 158 Å². The highest BCUT2D eigenvalue weighted by Crippen LogP contribution is 2.17. The van der Waals surface area contributed by atoms with Crippen LogP contribution >= 0.6 is 0 Å². The molecule has 2 N–H and O–H groups in total. The quantitative estimate of drug-likeness (QED) is 0.667. The smallest absolute Gasteiger partial charge is 0.325 e. The normalized spacial score (nSPS) is 11.3. The van der Waals surface area contributed by atoms with Crippen LogP contribution in [0, 0.1) is 0 Å². The Balaban J connectivity index is 1.75. The Bertz CT molecular complexity index is 747. The number of carbonyl (C=O) groups is 3. The van der Waals surface area contributed by atoms with E-state index in [0.29, 0.717) is 5.56 Å². The van der Waals surface area contributed by atoms with E-state index in [0.717, 1.165) is 18.4 Å². The van der Waals surface area contributed by atoms with E-state index in [9.17, 15) is 14.4 Å². The van der Waals surface area contributed by atoms with Gasteiger partial charge in [0, 0.05) is 5.56 Å². The Morgan fingerprint density at radius 1 is 0.963 bits per heavy atom. The van der Waals surface area contributed by atoms with Crippen LogP contribution in [0.4, 0.5) is 0 Å². The highest BCUT2D eigenvalue weighted by Gasteiger charge is 2.15. The summed E-state index contributed by atoms with van der Waals surface area (Å²) in [7, 11) is 0. The monoisotopic (exact) mass is 368 g/mol. The number of benzene rings is 2. The van der Waals surface area contributed by atoms with Gasteiger partial charge in [0.1, 0.15) is 6.54 Å². The highest BCUT2D eigenvalue weighted by atomic mass is 16.5. The minimum Gasteiger partial charge on any atom is -0.454 e. The first kappa shape index (κ1) is 20.2. The van der Waals surface area contributed by atoms with E-state index in [1.807, 2.05) is 37.3 Å². The lowest BCUT2D eigenvalue weighted by Crippen LogP contribution is -2.35. The van der Waals surface area contributed by atoms with Gasteiger partial charge in [-0.25, -0.2) is 0 Å². The maximum atomic E-state index is 12.1. The van der Waals surface area contributed by atoms with Crippen LogP contribution in [0.3, 0.4) is 0 Å². The van der Waals surface area contributed by atoms with Gasteiger partial charge in [0.25, 0.3) is 11.8 Å². The number of ether oxygens (including phenoxy) is 1. The molecule has 2 aromatic rings. The maximum Gasteiger partial charge on any atom is 0.325 e. The molecular formula is C21H24N2O4. The molecule has 1 atom stereocenters. The van der Waals surface area contributed by atoms with Crippen LogP contribution in [0.1, 0.15) is 41.7 Å². The first-order valence-electron chi connectivity index (χ1n) is 8.93. The van der Waals surface area contributed by atoms with E-state index in [1.54, 1.807) is 30.3 Å². The molecule has 0 bridgehead atoms. The van der Waals surface area contributed by atoms with Crippen molar-refractivity contribution in [3.63, 3.8) is 0 Å². The second-order valence-corrected chi connectivity index (χ2v) is 6.03. The lowest BCUT2D eigenvalue weighted by molar-refractivity contribution is -0.147. The molecule has 6 heteroatoms. The summed E-state index contributed by atoms with van der Waals surface area (Å²) < 4.78 is 4.94. The standard InChI is InChI=1S/C21H24N2O4/c1-2-9-18(16-10-5-3-6-11-16)23-19(24)15-27-20(25)14-22-21(26)17-12-7-4-8-13-17/h3-8,10-13,18H,2,9,14-15H2,1H3,(H,22,26)(H,23,24)/t18-/m1/s1. The molecule has 0 aliphatic carbocycles. The summed E-state index contributed by atoms with van der Waals surface area (Å²) in [6.07, 6.45) is 1.70. The minimum absolute atomic E-state index is 0.125. The molecule has 0 saturated heterocycles. The third-order valence-corrected chi connectivity index (χ3v) is 3.91. The van der Waals surface area contributed by atoms with Crippen LogP contribution in [0.15, 0.2) is 60.7 Å². The molecular weight excluding hydrogens is 344 g/mol. The molecule has 0 aliphatic rings. The van der Waals surface area contributed by atoms with E-state index in [1.165, 1.54) is 0 Å². The Morgan fingerprint density at radius 2 is 1.59 bits per heavy atom. The summed E-state index contributed by atoms with van der Waals surface area (Å²) in [5, 5.41) is 5.34. The van der Waals surface area contributed by atoms with Gasteiger partial charge in [-0.05, 0) is 24.1 Å². The zero-order valence-electron chi connectivity index (χ0n) is 15.3. The van der Waals surface area contributed by atoms with E-state index >= 15 is 0 Å². The zero-order valence-corrected chi connectivity index (χ0v) is 15.3. The van der Waals surface area contributed by atoms with Gasteiger partial charge in [-0.2, -0.15) is 0 Å². The Hall–Kier alpha value is -3.15. The predicted octanol–water partition coefficient (Wildman–Crippen LogP) is 2.62. The van der Waals surface area contributed by atoms with E-state index in [-0.39, 0.29) is 31.0 Å². The van der Waals surface area contributed by atoms with Crippen LogP contribution in [0.5, 0.6) is 0 Å². The van der Waals surface area contributed by atoms with Gasteiger partial charge in [-0.3, -0.25) is 14.4 Å². The second kappa shape index (κ2) is 10.8. The molecule has 0 unspecified atom stereocenters. The molecule has 2 aromatic carbocycles. The Kier molecular flexibility index (Phi) is 8.03. The number of hydrogen-bond donors (Lipinski definition) is 2. The third kappa shape index (κ3) is 6.93. The predicted molar refractivity (Wildman–Crippen MR) is 102 cm³/mol. The summed E-state index contributed by atoms with van der Waals surface area (Å²) in [6, 6.07) is 18.1. The molecule has 0 saturated carbocycles. The largest absolute Gasteiger partial charge is 0.454 e. The number of amides is 2. The van der Waals surface area contributed by atoms with Gasteiger partial charge < -0.3 is 15.4 Å². The summed E-state index contributed by atoms with van der Waals surface area (Å²) >= 11 is 0. The maximum absolute atomic E-state index is 12.1. The molecule has 142 valence electrons. The summed E-state index contributed by atoms with van der Waals surface area (Å²) in [5.74, 6) is -1.41. The number of carbonyl (C=O) groups excluding carboxylic acids is 3. The highest BCUT2D eigenvalue weighted by molar-refractivity contribution is 5.96. The van der Waals surface area contributed by atoms with Gasteiger partial charge in [-0.15, -0.1) is 0 Å². The zero-order chi connectivity index (χ0) is 19.5. The fourth-order valence-corrected chi connectivity index (χ4v) is 2.57. The van der Waals surface area contributed by atoms with Crippen molar-refractivity contribution in [2.24, 2.45) is 0 Å². The van der Waals surface area contributed by atoms with E-state index in [4.69, 9.17) is 4.74 Å². The molecule has 2 amide bonds. The first-order chi connectivity index (χ1) is 13.1. The van der Waals surface area contributed by atoms with Crippen molar-refractivity contribution in [1.29, 1.82) is 0 Å². The lowest BCUT2D eigenvalue weighted by atomic mass is 10.0. The molecule has 6 nitrogen and oxygen atoms in total. The molecule has 0 fully saturated rings. The average molecular weight is 368 g/mol. The number of esters is 1. The Morgan fingerprint density at radius 3 is 2.22 bits per heavy atom. The van der Waals surface area contributed by atoms with Crippen molar-refractivity contribution in [3.8, 4) is 0 Å². The van der Waals surface area contributed by atoms with E-state index in [2.05, 4.69) is 10.6 Å². The summed E-state index contributed by atoms with van der Waals surface area (Å²) in [5.41, 5.74) is 1.46. The van der Waals surface area contributed by atoms with Crippen LogP contribution in [-0.2, 0) is 14.3 Å². The van der Waals surface area contributed by atoms with Crippen molar-refractivity contribution in [2.45, 2.75) is 25.8 Å². The van der Waals surface area contributed by atoms with Gasteiger partial charge >= 0.3 is 5.97 Å². The minimum atomic E-state index is -0.666. The third-order valence-electron chi connectivity index (χ3n) is 3.91. The van der Waals surface area contributed by atoms with Crippen LogP contribution in [0.25, 0.3) is 0 Å². The average Bonchev–Trinajstić information content (AvgIpc) is 2.71. The number of hydrogen-bond acceptors (Lipinski definition) is 4. The molecule has 0 radical (unpaired) electrons. The van der Waals surface area contributed by atoms with Crippen molar-refractivity contribution < 1.29 is 19.1 Å². The summed E-state index contributed by atoms with van der Waals surface area (Å²) in [6.45, 7) is 1.36. The fourth-order valence-electron chi connectivity index (χ4n) is 2.57. The fraction of sp³-hybridized carbons (Fsp3) is 0.286. The van der Waals surface area contributed by atoms with Gasteiger partial charge in [0.2, 0.25) is 0 Å². The van der Waals surface area contributed by atoms with Crippen molar-refractivity contribution in [2.75, 3.05) is 13.2 Å². The molecule has 0 aliphatic heterocycles. The van der Waals surface area contributed by atoms with Crippen LogP contribution in [0.2, 0.25) is 0 Å². The van der Waals surface area contributed by atoms with Gasteiger partial charge in [0.05, 0.1) is 6.04 Å². The molecule has 0 spiro atoms. The molecule has 0 heterocycles. The molecule has 0 aromatic heterocycles. The SMILES string of the molecule is CCC[C@@H](NC(=O)COC(=O)CNC(=O)c1ccccc1)c1ccccc1. The van der Waals surface area contributed by atoms with Gasteiger partial charge in [0.15, 0.2) is 6.61 Å². The first-order valence-corrected chi connectivity index (χ1v) is 8.93. The van der Waals surface area contributed by atoms with Crippen LogP contribution in [-0.4, -0.2) is 30.9 Å². The molecule has 27 heavy (non-hydrogen) atoms. The number of nitrogens with one attached hydrogen (secondary N) is 2. The topological polar surface area (TPSA) is 84.5 Å². The molecule has 2 rings (SSSR count). The van der Waals surface area contributed by atoms with Gasteiger partial charge in [-0.1, -0.05) is 61.9 Å². The number of rotatable bonds is 9. The lowest BCUT2D eigenvalue weighted by Gasteiger charge is -2.18. The van der Waals surface area contributed by atoms with Crippen molar-refractivity contribution >= 4 is 17.8 Å². The summed E-state index contributed by atoms with van der Waals surface area (Å²) in [4.78, 5) is 35.7. The van der Waals surface area contributed by atoms with Crippen LogP contribution < -0.4 is 10.6 Å². The van der Waals surface area contributed by atoms with Crippen molar-refractivity contribution in [3.05, 3.63) is 71.8 Å². The van der Waals surface area contributed by atoms with E-state index < -0.39 is 5.97 Å².